The van der Waals surface area contributed by atoms with Crippen LogP contribution in [-0.2, 0) is 11.3 Å². The summed E-state index contributed by atoms with van der Waals surface area (Å²) >= 11 is 12.0. The Bertz CT molecular complexity index is 510. The first-order valence-corrected chi connectivity index (χ1v) is 6.03. The van der Waals surface area contributed by atoms with Crippen LogP contribution in [-0.4, -0.2) is 20.3 Å². The van der Waals surface area contributed by atoms with Crippen LogP contribution in [0.1, 0.15) is 5.56 Å². The molecule has 0 aliphatic heterocycles. The molecule has 3 nitrogen and oxygen atoms in total. The molecule has 0 atom stereocenters. The molecule has 0 aliphatic carbocycles. The van der Waals surface area contributed by atoms with Crippen molar-refractivity contribution in [3.63, 3.8) is 0 Å². The van der Waals surface area contributed by atoms with Gasteiger partial charge in [-0.15, -0.1) is 0 Å². The van der Waals surface area contributed by atoms with Crippen molar-refractivity contribution < 1.29 is 9.15 Å². The molecule has 2 rings (SSSR count). The first-order valence-electron chi connectivity index (χ1n) is 5.27. The van der Waals surface area contributed by atoms with Crippen LogP contribution in [0.15, 0.2) is 22.8 Å². The average Bonchev–Trinajstić information content (AvgIpc) is 2.73. The second-order valence-corrected chi connectivity index (χ2v) is 4.45. The number of methoxy groups -OCH3 is 1. The van der Waals surface area contributed by atoms with Crippen molar-refractivity contribution in [3.8, 4) is 0 Å². The van der Waals surface area contributed by atoms with Crippen molar-refractivity contribution in [2.75, 3.05) is 20.3 Å². The number of ether oxygens (including phenoxy) is 1. The van der Waals surface area contributed by atoms with E-state index in [-0.39, 0.29) is 0 Å². The molecule has 1 N–H and O–H groups in total. The number of fused-ring (bicyclic) bond motifs is 1. The number of furan rings is 1. The first kappa shape index (κ1) is 12.7. The highest BCUT2D eigenvalue weighted by molar-refractivity contribution is 6.44. The number of halogens is 2. The summed E-state index contributed by atoms with van der Waals surface area (Å²) < 4.78 is 10.4. The van der Waals surface area contributed by atoms with E-state index < -0.39 is 0 Å². The lowest BCUT2D eigenvalue weighted by Crippen LogP contribution is -2.18. The Labute approximate surface area is 110 Å². The summed E-state index contributed by atoms with van der Waals surface area (Å²) in [5.74, 6) is 0. The molecule has 0 aliphatic rings. The summed E-state index contributed by atoms with van der Waals surface area (Å²) in [5, 5.41) is 5.22. The van der Waals surface area contributed by atoms with Crippen LogP contribution < -0.4 is 5.32 Å². The zero-order chi connectivity index (χ0) is 12.3. The first-order chi connectivity index (χ1) is 8.24. The van der Waals surface area contributed by atoms with E-state index in [9.17, 15) is 0 Å². The molecule has 1 aromatic heterocycles. The van der Waals surface area contributed by atoms with Crippen LogP contribution in [0.25, 0.3) is 11.0 Å². The highest BCUT2D eigenvalue weighted by Crippen LogP contribution is 2.33. The Kier molecular flexibility index (Phi) is 4.29. The molecule has 0 bridgehead atoms. The molecule has 92 valence electrons. The lowest BCUT2D eigenvalue weighted by Gasteiger charge is -2.02. The molecular weight excluding hydrogens is 261 g/mol. The van der Waals surface area contributed by atoms with Gasteiger partial charge in [-0.25, -0.2) is 0 Å². The zero-order valence-electron chi connectivity index (χ0n) is 9.43. The van der Waals surface area contributed by atoms with Crippen LogP contribution in [0.4, 0.5) is 0 Å². The van der Waals surface area contributed by atoms with Crippen LogP contribution in [0.2, 0.25) is 10.0 Å². The van der Waals surface area contributed by atoms with E-state index in [0.717, 1.165) is 17.5 Å². The van der Waals surface area contributed by atoms with Gasteiger partial charge in [-0.05, 0) is 12.1 Å². The molecular formula is C12H13Cl2NO2. The van der Waals surface area contributed by atoms with Gasteiger partial charge in [-0.1, -0.05) is 23.2 Å². The van der Waals surface area contributed by atoms with Gasteiger partial charge >= 0.3 is 0 Å². The van der Waals surface area contributed by atoms with E-state index in [1.165, 1.54) is 0 Å². The molecule has 2 aromatic rings. The Morgan fingerprint density at radius 3 is 2.94 bits per heavy atom. The Balaban J connectivity index is 2.16. The fraction of sp³-hybridized carbons (Fsp3) is 0.333. The second kappa shape index (κ2) is 5.74. The monoisotopic (exact) mass is 273 g/mol. The fourth-order valence-electron chi connectivity index (χ4n) is 1.63. The van der Waals surface area contributed by atoms with Crippen molar-refractivity contribution in [2.45, 2.75) is 6.54 Å². The van der Waals surface area contributed by atoms with E-state index in [4.69, 9.17) is 32.4 Å². The van der Waals surface area contributed by atoms with E-state index in [0.29, 0.717) is 28.8 Å². The summed E-state index contributed by atoms with van der Waals surface area (Å²) in [6, 6.07) is 3.70. The second-order valence-electron chi connectivity index (χ2n) is 3.67. The third-order valence-electron chi connectivity index (χ3n) is 2.51. The lowest BCUT2D eigenvalue weighted by atomic mass is 10.2. The highest BCUT2D eigenvalue weighted by Gasteiger charge is 2.11. The quantitative estimate of drug-likeness (QED) is 0.848. The van der Waals surface area contributed by atoms with E-state index >= 15 is 0 Å². The maximum atomic E-state index is 6.06. The number of nitrogens with one attached hydrogen (secondary N) is 1. The number of hydrogen-bond donors (Lipinski definition) is 1. The van der Waals surface area contributed by atoms with E-state index in [1.807, 2.05) is 6.07 Å². The van der Waals surface area contributed by atoms with Gasteiger partial charge in [0.25, 0.3) is 0 Å². The molecule has 0 amide bonds. The molecule has 0 saturated carbocycles. The predicted molar refractivity (Wildman–Crippen MR) is 69.8 cm³/mol. The Morgan fingerprint density at radius 1 is 1.35 bits per heavy atom. The molecule has 0 spiro atoms. The van der Waals surface area contributed by atoms with Gasteiger partial charge in [0.2, 0.25) is 0 Å². The smallest absolute Gasteiger partial charge is 0.154 e. The van der Waals surface area contributed by atoms with Crippen LogP contribution in [0, 0.1) is 0 Å². The van der Waals surface area contributed by atoms with E-state index in [1.54, 1.807) is 19.4 Å². The molecule has 5 heteroatoms. The lowest BCUT2D eigenvalue weighted by molar-refractivity contribution is 0.199. The van der Waals surface area contributed by atoms with Gasteiger partial charge in [0.05, 0.1) is 17.9 Å². The summed E-state index contributed by atoms with van der Waals surface area (Å²) in [6.07, 6.45) is 1.70. The average molecular weight is 274 g/mol. The third kappa shape index (κ3) is 2.75. The van der Waals surface area contributed by atoms with Crippen molar-refractivity contribution in [2.24, 2.45) is 0 Å². The Morgan fingerprint density at radius 2 is 2.18 bits per heavy atom. The van der Waals surface area contributed by atoms with Crippen LogP contribution in [0.5, 0.6) is 0 Å². The van der Waals surface area contributed by atoms with Crippen molar-refractivity contribution >= 4 is 34.2 Å². The number of hydrogen-bond acceptors (Lipinski definition) is 3. The fourth-order valence-corrected chi connectivity index (χ4v) is 1.99. The van der Waals surface area contributed by atoms with Gasteiger partial charge in [-0.3, -0.25) is 0 Å². The minimum absolute atomic E-state index is 0.465. The van der Waals surface area contributed by atoms with Crippen LogP contribution >= 0.6 is 23.2 Å². The molecule has 0 unspecified atom stereocenters. The largest absolute Gasteiger partial charge is 0.462 e. The molecule has 17 heavy (non-hydrogen) atoms. The SMILES string of the molecule is COCCNCc1coc2c(Cl)c(Cl)ccc12. The van der Waals surface area contributed by atoms with Gasteiger partial charge in [0.1, 0.15) is 5.02 Å². The molecule has 1 aromatic carbocycles. The van der Waals surface area contributed by atoms with Crippen molar-refractivity contribution in [3.05, 3.63) is 34.0 Å². The van der Waals surface area contributed by atoms with Crippen LogP contribution in [0.3, 0.4) is 0 Å². The van der Waals surface area contributed by atoms with Gasteiger partial charge < -0.3 is 14.5 Å². The minimum Gasteiger partial charge on any atom is -0.462 e. The topological polar surface area (TPSA) is 34.4 Å². The maximum absolute atomic E-state index is 6.06. The van der Waals surface area contributed by atoms with Crippen molar-refractivity contribution in [1.82, 2.24) is 5.32 Å². The van der Waals surface area contributed by atoms with E-state index in [2.05, 4.69) is 5.32 Å². The van der Waals surface area contributed by atoms with Gasteiger partial charge in [-0.2, -0.15) is 0 Å². The maximum Gasteiger partial charge on any atom is 0.154 e. The number of rotatable bonds is 5. The minimum atomic E-state index is 0.465. The summed E-state index contributed by atoms with van der Waals surface area (Å²) in [7, 11) is 1.68. The number of benzene rings is 1. The van der Waals surface area contributed by atoms with Gasteiger partial charge in [0, 0.05) is 31.1 Å². The normalized spacial score (nSPS) is 11.2. The van der Waals surface area contributed by atoms with Gasteiger partial charge in [0.15, 0.2) is 5.58 Å². The molecule has 1 heterocycles. The highest BCUT2D eigenvalue weighted by atomic mass is 35.5. The predicted octanol–water partition coefficient (Wildman–Crippen LogP) is 3.48. The molecule has 0 saturated heterocycles. The molecule has 0 fully saturated rings. The summed E-state index contributed by atoms with van der Waals surface area (Å²) in [5.41, 5.74) is 1.71. The zero-order valence-corrected chi connectivity index (χ0v) is 10.9. The molecule has 0 radical (unpaired) electrons. The summed E-state index contributed by atoms with van der Waals surface area (Å²) in [4.78, 5) is 0. The van der Waals surface area contributed by atoms with Crippen molar-refractivity contribution in [1.29, 1.82) is 0 Å². The standard InChI is InChI=1S/C12H13Cl2NO2/c1-16-5-4-15-6-8-7-17-12-9(8)2-3-10(13)11(12)14/h2-3,7,15H,4-6H2,1H3. The Hall–Kier alpha value is -0.740. The third-order valence-corrected chi connectivity index (χ3v) is 3.30. The summed E-state index contributed by atoms with van der Waals surface area (Å²) in [6.45, 7) is 2.20.